The number of aryl methyl sites for hydroxylation is 1. The van der Waals surface area contributed by atoms with Gasteiger partial charge in [-0.3, -0.25) is 9.59 Å². The molecule has 2 atom stereocenters. The molecule has 1 N–H and O–H groups in total. The van der Waals surface area contributed by atoms with Gasteiger partial charge in [-0.25, -0.2) is 4.68 Å². The van der Waals surface area contributed by atoms with Crippen molar-refractivity contribution < 1.29 is 14.3 Å². The van der Waals surface area contributed by atoms with E-state index in [4.69, 9.17) is 4.74 Å². The van der Waals surface area contributed by atoms with Crippen molar-refractivity contribution in [2.75, 3.05) is 13.2 Å². The molecule has 1 aliphatic heterocycles. The van der Waals surface area contributed by atoms with Crippen LogP contribution in [0.4, 0.5) is 0 Å². The van der Waals surface area contributed by atoms with Crippen LogP contribution in [0.5, 0.6) is 0 Å². The standard InChI is InChI=1S/C27H35N5O3/c1-5-19-12-14-20(15-13-19)25(26(34)28-27(2,3)4)31(17-21-9-8-16-35-21)24(33)18-32-23-11-7-6-10-22(23)29-30-32/h6-7,10-15,21,25H,5,8-9,16-18H2,1-4H3,(H,28,34)/t21-,25+/m0/s1. The minimum Gasteiger partial charge on any atom is -0.376 e. The summed E-state index contributed by atoms with van der Waals surface area (Å²) in [6.45, 7) is 8.91. The summed E-state index contributed by atoms with van der Waals surface area (Å²) in [5.41, 5.74) is 3.01. The van der Waals surface area contributed by atoms with E-state index in [0.717, 1.165) is 35.9 Å². The summed E-state index contributed by atoms with van der Waals surface area (Å²) < 4.78 is 7.48. The third kappa shape index (κ3) is 6.06. The van der Waals surface area contributed by atoms with Crippen LogP contribution in [0, 0.1) is 0 Å². The number of ether oxygens (including phenoxy) is 1. The van der Waals surface area contributed by atoms with Crippen molar-refractivity contribution in [3.63, 3.8) is 0 Å². The first-order valence-electron chi connectivity index (χ1n) is 12.4. The number of para-hydroxylation sites is 1. The number of hydrogen-bond donors (Lipinski definition) is 1. The van der Waals surface area contributed by atoms with Gasteiger partial charge in [0.25, 0.3) is 0 Å². The molecule has 8 nitrogen and oxygen atoms in total. The minimum absolute atomic E-state index is 0.0143. The molecular weight excluding hydrogens is 442 g/mol. The van der Waals surface area contributed by atoms with Gasteiger partial charge < -0.3 is 15.0 Å². The minimum atomic E-state index is -0.786. The Morgan fingerprint density at radius 3 is 2.57 bits per heavy atom. The van der Waals surface area contributed by atoms with Crippen molar-refractivity contribution in [1.82, 2.24) is 25.2 Å². The maximum absolute atomic E-state index is 13.9. The number of hydrogen-bond acceptors (Lipinski definition) is 5. The molecule has 35 heavy (non-hydrogen) atoms. The molecule has 0 radical (unpaired) electrons. The number of fused-ring (bicyclic) bond motifs is 1. The number of benzene rings is 2. The number of nitrogens with one attached hydrogen (secondary N) is 1. The average molecular weight is 478 g/mol. The highest BCUT2D eigenvalue weighted by atomic mass is 16.5. The second-order valence-corrected chi connectivity index (χ2v) is 10.2. The quantitative estimate of drug-likeness (QED) is 0.535. The van der Waals surface area contributed by atoms with Crippen LogP contribution in [0.1, 0.15) is 57.7 Å². The van der Waals surface area contributed by atoms with Crippen LogP contribution >= 0.6 is 0 Å². The molecule has 1 aromatic heterocycles. The number of nitrogens with zero attached hydrogens (tertiary/aromatic N) is 4. The predicted octanol–water partition coefficient (Wildman–Crippen LogP) is 3.66. The number of amides is 2. The molecule has 3 aromatic rings. The fourth-order valence-corrected chi connectivity index (χ4v) is 4.46. The molecule has 0 unspecified atom stereocenters. The van der Waals surface area contributed by atoms with Crippen molar-refractivity contribution in [2.24, 2.45) is 0 Å². The summed E-state index contributed by atoms with van der Waals surface area (Å²) in [7, 11) is 0. The molecule has 1 saturated heterocycles. The average Bonchev–Trinajstić information content (AvgIpc) is 3.48. The lowest BCUT2D eigenvalue weighted by Crippen LogP contribution is -2.51. The van der Waals surface area contributed by atoms with Crippen molar-refractivity contribution in [1.29, 1.82) is 0 Å². The van der Waals surface area contributed by atoms with E-state index in [1.54, 1.807) is 9.58 Å². The highest BCUT2D eigenvalue weighted by Crippen LogP contribution is 2.26. The van der Waals surface area contributed by atoms with E-state index in [2.05, 4.69) is 22.6 Å². The summed E-state index contributed by atoms with van der Waals surface area (Å²) in [6.07, 6.45) is 2.60. The Balaban J connectivity index is 1.71. The first kappa shape index (κ1) is 24.9. The number of aromatic nitrogens is 3. The van der Waals surface area contributed by atoms with Crippen LogP contribution in [0.25, 0.3) is 11.0 Å². The third-order valence-corrected chi connectivity index (χ3v) is 6.21. The topological polar surface area (TPSA) is 89.4 Å². The lowest BCUT2D eigenvalue weighted by Gasteiger charge is -2.35. The van der Waals surface area contributed by atoms with Gasteiger partial charge in [0.1, 0.15) is 18.1 Å². The molecule has 2 heterocycles. The van der Waals surface area contributed by atoms with Gasteiger partial charge in [-0.2, -0.15) is 0 Å². The van der Waals surface area contributed by atoms with Gasteiger partial charge in [-0.1, -0.05) is 48.5 Å². The van der Waals surface area contributed by atoms with Gasteiger partial charge in [0.2, 0.25) is 11.8 Å². The van der Waals surface area contributed by atoms with Gasteiger partial charge >= 0.3 is 0 Å². The van der Waals surface area contributed by atoms with Crippen LogP contribution in [0.2, 0.25) is 0 Å². The summed E-state index contributed by atoms with van der Waals surface area (Å²) in [5, 5.41) is 11.5. The van der Waals surface area contributed by atoms with Crippen LogP contribution in [-0.4, -0.2) is 56.5 Å². The highest BCUT2D eigenvalue weighted by molar-refractivity contribution is 5.89. The number of carbonyl (C=O) groups is 2. The molecule has 2 aromatic carbocycles. The Morgan fingerprint density at radius 1 is 1.17 bits per heavy atom. The van der Waals surface area contributed by atoms with Crippen LogP contribution in [0.15, 0.2) is 48.5 Å². The first-order chi connectivity index (χ1) is 16.7. The molecule has 0 aliphatic carbocycles. The van der Waals surface area contributed by atoms with Crippen molar-refractivity contribution in [3.05, 3.63) is 59.7 Å². The van der Waals surface area contributed by atoms with Gasteiger partial charge in [0.15, 0.2) is 0 Å². The molecule has 1 fully saturated rings. The third-order valence-electron chi connectivity index (χ3n) is 6.21. The van der Waals surface area contributed by atoms with E-state index in [-0.39, 0.29) is 24.5 Å². The van der Waals surface area contributed by atoms with Crippen molar-refractivity contribution in [3.8, 4) is 0 Å². The smallest absolute Gasteiger partial charge is 0.247 e. The zero-order chi connectivity index (χ0) is 25.0. The van der Waals surface area contributed by atoms with Gasteiger partial charge in [-0.05, 0) is 63.3 Å². The highest BCUT2D eigenvalue weighted by Gasteiger charge is 2.35. The Kier molecular flexibility index (Phi) is 7.50. The largest absolute Gasteiger partial charge is 0.376 e. The molecule has 0 bridgehead atoms. The SMILES string of the molecule is CCc1ccc([C@H](C(=O)NC(C)(C)C)N(C[C@@H]2CCCO2)C(=O)Cn2nnc3ccccc32)cc1. The Morgan fingerprint density at radius 2 is 1.91 bits per heavy atom. The van der Waals surface area contributed by atoms with Crippen LogP contribution in [0.3, 0.4) is 0 Å². The van der Waals surface area contributed by atoms with E-state index in [1.165, 1.54) is 5.56 Å². The Hall–Kier alpha value is -3.26. The maximum Gasteiger partial charge on any atom is 0.247 e. The van der Waals surface area contributed by atoms with Gasteiger partial charge in [0, 0.05) is 18.7 Å². The molecule has 8 heteroatoms. The van der Waals surface area contributed by atoms with E-state index in [9.17, 15) is 9.59 Å². The molecule has 1 aliphatic rings. The van der Waals surface area contributed by atoms with Crippen molar-refractivity contribution in [2.45, 2.75) is 71.2 Å². The Labute approximate surface area is 206 Å². The molecule has 186 valence electrons. The van der Waals surface area contributed by atoms with E-state index < -0.39 is 11.6 Å². The second-order valence-electron chi connectivity index (χ2n) is 10.2. The molecule has 0 saturated carbocycles. The molecule has 4 rings (SSSR count). The predicted molar refractivity (Wildman–Crippen MR) is 135 cm³/mol. The van der Waals surface area contributed by atoms with Crippen LogP contribution < -0.4 is 5.32 Å². The monoisotopic (exact) mass is 477 g/mol. The molecule has 0 spiro atoms. The molecular formula is C27H35N5O3. The van der Waals surface area contributed by atoms with Gasteiger partial charge in [-0.15, -0.1) is 5.10 Å². The normalized spacial score (nSPS) is 16.9. The lowest BCUT2D eigenvalue weighted by molar-refractivity contribution is -0.143. The molecule has 2 amide bonds. The fourth-order valence-electron chi connectivity index (χ4n) is 4.46. The Bertz CT molecular complexity index is 1160. The lowest BCUT2D eigenvalue weighted by atomic mass is 9.99. The summed E-state index contributed by atoms with van der Waals surface area (Å²) in [4.78, 5) is 29.2. The van der Waals surface area contributed by atoms with E-state index >= 15 is 0 Å². The summed E-state index contributed by atoms with van der Waals surface area (Å²) >= 11 is 0. The fraction of sp³-hybridized carbons (Fsp3) is 0.481. The first-order valence-corrected chi connectivity index (χ1v) is 12.4. The van der Waals surface area contributed by atoms with E-state index in [0.29, 0.717) is 13.2 Å². The second kappa shape index (κ2) is 10.6. The van der Waals surface area contributed by atoms with Crippen LogP contribution in [-0.2, 0) is 27.3 Å². The van der Waals surface area contributed by atoms with Crippen molar-refractivity contribution >= 4 is 22.8 Å². The number of rotatable bonds is 8. The summed E-state index contributed by atoms with van der Waals surface area (Å²) in [6, 6.07) is 14.7. The van der Waals surface area contributed by atoms with Gasteiger partial charge in [0.05, 0.1) is 11.6 Å². The maximum atomic E-state index is 13.9. The zero-order valence-corrected chi connectivity index (χ0v) is 21.0. The number of carbonyl (C=O) groups excluding carboxylic acids is 2. The zero-order valence-electron chi connectivity index (χ0n) is 21.0. The summed E-state index contributed by atoms with van der Waals surface area (Å²) in [5.74, 6) is -0.415. The van der Waals surface area contributed by atoms with E-state index in [1.807, 2.05) is 69.3 Å².